The summed E-state index contributed by atoms with van der Waals surface area (Å²) in [6, 6.07) is 9.95. The Morgan fingerprint density at radius 1 is 1.12 bits per heavy atom. The lowest BCUT2D eigenvalue weighted by Crippen LogP contribution is -2.08. The second kappa shape index (κ2) is 7.39. The largest absolute Gasteiger partial charge is 0.496 e. The molecule has 0 saturated heterocycles. The zero-order valence-corrected chi connectivity index (χ0v) is 15.3. The second-order valence-electron chi connectivity index (χ2n) is 6.05. The van der Waals surface area contributed by atoms with Crippen molar-refractivity contribution >= 4 is 5.97 Å². The molecule has 0 atom stereocenters. The molecule has 6 nitrogen and oxygen atoms in total. The summed E-state index contributed by atoms with van der Waals surface area (Å²) in [7, 11) is 2.94. The van der Waals surface area contributed by atoms with Crippen molar-refractivity contribution < 1.29 is 14.3 Å². The Hall–Kier alpha value is -3.15. The van der Waals surface area contributed by atoms with Gasteiger partial charge in [-0.05, 0) is 60.7 Å². The third kappa shape index (κ3) is 3.31. The second-order valence-corrected chi connectivity index (χ2v) is 6.05. The summed E-state index contributed by atoms with van der Waals surface area (Å²) in [6.07, 6.45) is 4.15. The van der Waals surface area contributed by atoms with Gasteiger partial charge in [0, 0.05) is 0 Å². The summed E-state index contributed by atoms with van der Waals surface area (Å²) in [4.78, 5) is 12.1. The van der Waals surface area contributed by atoms with Gasteiger partial charge in [-0.1, -0.05) is 17.3 Å². The SMILES string of the molecule is COC(=O)c1cc(Cc2ccc(-n3ccnn3)cc2)c(C)c(C)c1OC. The number of carbonyl (C=O) groups is 1. The van der Waals surface area contributed by atoms with Gasteiger partial charge in [0.05, 0.1) is 32.3 Å². The Bertz CT molecular complexity index is 916. The Morgan fingerprint density at radius 3 is 2.42 bits per heavy atom. The van der Waals surface area contributed by atoms with E-state index in [0.717, 1.165) is 27.9 Å². The third-order valence-electron chi connectivity index (χ3n) is 4.58. The number of esters is 1. The molecule has 3 aromatic rings. The Kier molecular flexibility index (Phi) is 5.02. The lowest BCUT2D eigenvalue weighted by Gasteiger charge is -2.16. The maximum Gasteiger partial charge on any atom is 0.341 e. The maximum atomic E-state index is 12.1. The van der Waals surface area contributed by atoms with Crippen LogP contribution < -0.4 is 4.74 Å². The number of benzene rings is 2. The van der Waals surface area contributed by atoms with Crippen LogP contribution in [0.4, 0.5) is 0 Å². The minimum absolute atomic E-state index is 0.396. The van der Waals surface area contributed by atoms with Crippen LogP contribution in [0.15, 0.2) is 42.7 Å². The van der Waals surface area contributed by atoms with E-state index in [0.29, 0.717) is 17.7 Å². The summed E-state index contributed by atoms with van der Waals surface area (Å²) in [6.45, 7) is 4.00. The monoisotopic (exact) mass is 351 g/mol. The molecule has 0 aliphatic rings. The van der Waals surface area contributed by atoms with E-state index < -0.39 is 5.97 Å². The number of methoxy groups -OCH3 is 2. The van der Waals surface area contributed by atoms with E-state index in [2.05, 4.69) is 10.3 Å². The van der Waals surface area contributed by atoms with Crippen molar-refractivity contribution in [3.05, 3.63) is 70.5 Å². The van der Waals surface area contributed by atoms with Gasteiger partial charge in [0.25, 0.3) is 0 Å². The molecule has 0 amide bonds. The third-order valence-corrected chi connectivity index (χ3v) is 4.58. The normalized spacial score (nSPS) is 10.6. The minimum atomic E-state index is -0.396. The van der Waals surface area contributed by atoms with E-state index in [9.17, 15) is 4.79 Å². The molecular formula is C20H21N3O3. The summed E-state index contributed by atoms with van der Waals surface area (Å²) in [5.41, 5.74) is 5.66. The molecule has 0 aliphatic carbocycles. The highest BCUT2D eigenvalue weighted by atomic mass is 16.5. The first kappa shape index (κ1) is 17.7. The lowest BCUT2D eigenvalue weighted by molar-refractivity contribution is 0.0596. The average molecular weight is 351 g/mol. The summed E-state index contributed by atoms with van der Waals surface area (Å²) in [5, 5.41) is 7.80. The van der Waals surface area contributed by atoms with Gasteiger partial charge in [-0.3, -0.25) is 0 Å². The van der Waals surface area contributed by atoms with Gasteiger partial charge < -0.3 is 9.47 Å². The van der Waals surface area contributed by atoms with Gasteiger partial charge in [-0.15, -0.1) is 5.10 Å². The van der Waals surface area contributed by atoms with E-state index in [1.54, 1.807) is 24.2 Å². The summed E-state index contributed by atoms with van der Waals surface area (Å²) >= 11 is 0. The van der Waals surface area contributed by atoms with Crippen LogP contribution in [-0.4, -0.2) is 35.2 Å². The number of ether oxygens (including phenoxy) is 2. The van der Waals surface area contributed by atoms with Crippen LogP contribution in [0.2, 0.25) is 0 Å². The molecule has 0 aliphatic heterocycles. The van der Waals surface area contributed by atoms with Crippen molar-refractivity contribution in [3.8, 4) is 11.4 Å². The van der Waals surface area contributed by atoms with E-state index >= 15 is 0 Å². The first-order valence-electron chi connectivity index (χ1n) is 8.26. The number of hydrogen-bond acceptors (Lipinski definition) is 5. The molecule has 1 heterocycles. The van der Waals surface area contributed by atoms with Gasteiger partial charge in [0.15, 0.2) is 0 Å². The topological polar surface area (TPSA) is 66.2 Å². The zero-order chi connectivity index (χ0) is 18.7. The number of carbonyl (C=O) groups excluding carboxylic acids is 1. The summed E-state index contributed by atoms with van der Waals surface area (Å²) < 4.78 is 12.0. The van der Waals surface area contributed by atoms with Crippen LogP contribution >= 0.6 is 0 Å². The van der Waals surface area contributed by atoms with E-state index in [1.165, 1.54) is 7.11 Å². The Balaban J connectivity index is 1.94. The fraction of sp³-hybridized carbons (Fsp3) is 0.250. The van der Waals surface area contributed by atoms with Gasteiger partial charge in [-0.25, -0.2) is 9.48 Å². The van der Waals surface area contributed by atoms with Crippen LogP contribution in [-0.2, 0) is 11.2 Å². The molecule has 0 fully saturated rings. The first-order valence-corrected chi connectivity index (χ1v) is 8.26. The molecule has 2 aromatic carbocycles. The van der Waals surface area contributed by atoms with Crippen molar-refractivity contribution in [1.82, 2.24) is 15.0 Å². The highest BCUT2D eigenvalue weighted by Gasteiger charge is 2.19. The molecule has 0 spiro atoms. The number of rotatable bonds is 5. The molecule has 0 N–H and O–H groups in total. The van der Waals surface area contributed by atoms with E-state index in [1.807, 2.05) is 44.2 Å². The molecule has 0 bridgehead atoms. The highest BCUT2D eigenvalue weighted by Crippen LogP contribution is 2.31. The van der Waals surface area contributed by atoms with Gasteiger partial charge >= 0.3 is 5.97 Å². The van der Waals surface area contributed by atoms with Crippen LogP contribution in [0.1, 0.15) is 32.6 Å². The molecule has 26 heavy (non-hydrogen) atoms. The van der Waals surface area contributed by atoms with Gasteiger partial charge in [0.2, 0.25) is 0 Å². The molecule has 134 valence electrons. The number of nitrogens with zero attached hydrogens (tertiary/aromatic N) is 3. The molecule has 0 radical (unpaired) electrons. The van der Waals surface area contributed by atoms with Crippen molar-refractivity contribution in [3.63, 3.8) is 0 Å². The smallest absolute Gasteiger partial charge is 0.341 e. The standard InChI is InChI=1S/C20H21N3O3/c1-13-14(2)19(25-3)18(20(24)26-4)12-16(13)11-15-5-7-17(8-6-15)23-10-9-21-22-23/h5-10,12H,11H2,1-4H3. The predicted octanol–water partition coefficient (Wildman–Crippen LogP) is 3.27. The van der Waals surface area contributed by atoms with Crippen molar-refractivity contribution in [2.24, 2.45) is 0 Å². The van der Waals surface area contributed by atoms with Crippen LogP contribution in [0, 0.1) is 13.8 Å². The number of hydrogen-bond donors (Lipinski definition) is 0. The van der Waals surface area contributed by atoms with Crippen LogP contribution in [0.25, 0.3) is 5.69 Å². The molecule has 0 unspecified atom stereocenters. The quantitative estimate of drug-likeness (QED) is 0.660. The average Bonchev–Trinajstić information content (AvgIpc) is 3.20. The first-order chi connectivity index (χ1) is 12.5. The molecule has 0 saturated carbocycles. The lowest BCUT2D eigenvalue weighted by atomic mass is 9.93. The van der Waals surface area contributed by atoms with Gasteiger partial charge in [0.1, 0.15) is 11.3 Å². The molecule has 3 rings (SSSR count). The highest BCUT2D eigenvalue weighted by molar-refractivity contribution is 5.93. The van der Waals surface area contributed by atoms with Gasteiger partial charge in [-0.2, -0.15) is 0 Å². The Morgan fingerprint density at radius 2 is 1.85 bits per heavy atom. The van der Waals surface area contributed by atoms with E-state index in [-0.39, 0.29) is 0 Å². The maximum absolute atomic E-state index is 12.1. The molecular weight excluding hydrogens is 330 g/mol. The van der Waals surface area contributed by atoms with Crippen LogP contribution in [0.5, 0.6) is 5.75 Å². The van der Waals surface area contributed by atoms with Crippen molar-refractivity contribution in [2.45, 2.75) is 20.3 Å². The molecule has 1 aromatic heterocycles. The zero-order valence-electron chi connectivity index (χ0n) is 15.3. The molecule has 6 heteroatoms. The number of aromatic nitrogens is 3. The fourth-order valence-corrected chi connectivity index (χ4v) is 3.00. The summed E-state index contributed by atoms with van der Waals surface area (Å²) in [5.74, 6) is 0.173. The van der Waals surface area contributed by atoms with Crippen molar-refractivity contribution in [1.29, 1.82) is 0 Å². The Labute approximate surface area is 152 Å². The van der Waals surface area contributed by atoms with E-state index in [4.69, 9.17) is 9.47 Å². The fourth-order valence-electron chi connectivity index (χ4n) is 3.00. The minimum Gasteiger partial charge on any atom is -0.496 e. The van der Waals surface area contributed by atoms with Crippen molar-refractivity contribution in [2.75, 3.05) is 14.2 Å². The van der Waals surface area contributed by atoms with Crippen LogP contribution in [0.3, 0.4) is 0 Å². The predicted molar refractivity (Wildman–Crippen MR) is 98.0 cm³/mol.